The van der Waals surface area contributed by atoms with Crippen molar-refractivity contribution in [3.63, 3.8) is 0 Å². The Morgan fingerprint density at radius 1 is 1.09 bits per heavy atom. The monoisotopic (exact) mass is 297 g/mol. The van der Waals surface area contributed by atoms with Crippen molar-refractivity contribution in [3.05, 3.63) is 48.3 Å². The van der Waals surface area contributed by atoms with E-state index >= 15 is 0 Å². The van der Waals surface area contributed by atoms with E-state index in [9.17, 15) is 9.90 Å². The molecule has 5 nitrogen and oxygen atoms in total. The molecule has 1 amide bonds. The second kappa shape index (κ2) is 6.47. The van der Waals surface area contributed by atoms with Gasteiger partial charge in [0, 0.05) is 31.2 Å². The van der Waals surface area contributed by atoms with Gasteiger partial charge in [-0.05, 0) is 49.6 Å². The van der Waals surface area contributed by atoms with Crippen molar-refractivity contribution in [1.82, 2.24) is 9.88 Å². The number of hydrogen-bond donors (Lipinski definition) is 2. The van der Waals surface area contributed by atoms with Crippen LogP contribution in [0.3, 0.4) is 0 Å². The van der Waals surface area contributed by atoms with Gasteiger partial charge in [-0.2, -0.15) is 0 Å². The van der Waals surface area contributed by atoms with Crippen molar-refractivity contribution in [2.24, 2.45) is 0 Å². The Hall–Kier alpha value is -2.56. The molecule has 1 aromatic carbocycles. The molecule has 0 bridgehead atoms. The van der Waals surface area contributed by atoms with Gasteiger partial charge in [0.05, 0.1) is 11.3 Å². The fraction of sp³-hybridized carbons (Fsp3) is 0.294. The van der Waals surface area contributed by atoms with Crippen LogP contribution in [0.1, 0.15) is 29.6 Å². The van der Waals surface area contributed by atoms with E-state index < -0.39 is 0 Å². The van der Waals surface area contributed by atoms with Crippen LogP contribution < -0.4 is 5.32 Å². The molecule has 22 heavy (non-hydrogen) atoms. The first-order valence-corrected chi connectivity index (χ1v) is 7.53. The topological polar surface area (TPSA) is 65.5 Å². The van der Waals surface area contributed by atoms with Crippen LogP contribution >= 0.6 is 0 Å². The van der Waals surface area contributed by atoms with Gasteiger partial charge in [-0.1, -0.05) is 0 Å². The number of phenols is 1. The number of aromatic hydroxyl groups is 1. The number of nitrogens with zero attached hydrogens (tertiary/aromatic N) is 2. The predicted molar refractivity (Wildman–Crippen MR) is 85.4 cm³/mol. The van der Waals surface area contributed by atoms with Crippen molar-refractivity contribution in [2.75, 3.05) is 18.4 Å². The van der Waals surface area contributed by atoms with E-state index in [2.05, 4.69) is 10.3 Å². The standard InChI is InChI=1S/C17H19N3O2/c21-14-4-5-16(19-13-6-8-18-9-7-13)15(12-14)17(22)20-10-2-1-3-11-20/h4-9,12,21H,1-3,10-11H2,(H,18,19). The van der Waals surface area contributed by atoms with Crippen LogP contribution in [0.25, 0.3) is 0 Å². The lowest BCUT2D eigenvalue weighted by atomic mass is 10.1. The first kappa shape index (κ1) is 14.4. The zero-order valence-corrected chi connectivity index (χ0v) is 12.3. The van der Waals surface area contributed by atoms with Crippen LogP contribution in [0.15, 0.2) is 42.7 Å². The van der Waals surface area contributed by atoms with Gasteiger partial charge in [0.2, 0.25) is 0 Å². The molecule has 1 fully saturated rings. The van der Waals surface area contributed by atoms with Gasteiger partial charge in [-0.3, -0.25) is 9.78 Å². The number of carbonyl (C=O) groups excluding carboxylic acids is 1. The number of hydrogen-bond acceptors (Lipinski definition) is 4. The van der Waals surface area contributed by atoms with E-state index in [1.807, 2.05) is 17.0 Å². The van der Waals surface area contributed by atoms with Crippen molar-refractivity contribution in [3.8, 4) is 5.75 Å². The number of carbonyl (C=O) groups is 1. The normalized spacial score (nSPS) is 14.6. The maximum Gasteiger partial charge on any atom is 0.256 e. The van der Waals surface area contributed by atoms with Crippen LogP contribution in [0, 0.1) is 0 Å². The number of nitrogens with one attached hydrogen (secondary N) is 1. The zero-order valence-electron chi connectivity index (χ0n) is 12.3. The smallest absolute Gasteiger partial charge is 0.256 e. The van der Waals surface area contributed by atoms with Gasteiger partial charge in [-0.15, -0.1) is 0 Å². The summed E-state index contributed by atoms with van der Waals surface area (Å²) in [6.45, 7) is 1.56. The first-order valence-electron chi connectivity index (χ1n) is 7.53. The highest BCUT2D eigenvalue weighted by molar-refractivity contribution is 6.00. The zero-order chi connectivity index (χ0) is 15.4. The van der Waals surface area contributed by atoms with E-state index in [-0.39, 0.29) is 11.7 Å². The Balaban J connectivity index is 1.88. The van der Waals surface area contributed by atoms with Crippen molar-refractivity contribution >= 4 is 17.3 Å². The van der Waals surface area contributed by atoms with Gasteiger partial charge in [0.15, 0.2) is 0 Å². The van der Waals surface area contributed by atoms with Crippen molar-refractivity contribution < 1.29 is 9.90 Å². The maximum absolute atomic E-state index is 12.7. The van der Waals surface area contributed by atoms with Crippen LogP contribution in [0.5, 0.6) is 5.75 Å². The molecule has 1 aliphatic rings. The Labute approximate surface area is 129 Å². The van der Waals surface area contributed by atoms with E-state index in [1.54, 1.807) is 24.5 Å². The first-order chi connectivity index (χ1) is 10.7. The van der Waals surface area contributed by atoms with E-state index in [1.165, 1.54) is 12.5 Å². The fourth-order valence-electron chi connectivity index (χ4n) is 2.68. The van der Waals surface area contributed by atoms with Gasteiger partial charge >= 0.3 is 0 Å². The quantitative estimate of drug-likeness (QED) is 0.854. The van der Waals surface area contributed by atoms with Crippen LogP contribution in [0.4, 0.5) is 11.4 Å². The second-order valence-electron chi connectivity index (χ2n) is 5.44. The highest BCUT2D eigenvalue weighted by Gasteiger charge is 2.21. The number of benzene rings is 1. The van der Waals surface area contributed by atoms with Gasteiger partial charge in [0.25, 0.3) is 5.91 Å². The van der Waals surface area contributed by atoms with E-state index in [0.717, 1.165) is 31.6 Å². The third-order valence-electron chi connectivity index (χ3n) is 3.84. The maximum atomic E-state index is 12.7. The Morgan fingerprint density at radius 2 is 1.82 bits per heavy atom. The lowest BCUT2D eigenvalue weighted by molar-refractivity contribution is 0.0725. The average molecular weight is 297 g/mol. The Kier molecular flexibility index (Phi) is 4.23. The molecule has 114 valence electrons. The van der Waals surface area contributed by atoms with Gasteiger partial charge < -0.3 is 15.3 Å². The number of anilines is 2. The highest BCUT2D eigenvalue weighted by Crippen LogP contribution is 2.26. The Morgan fingerprint density at radius 3 is 2.55 bits per heavy atom. The fourth-order valence-corrected chi connectivity index (χ4v) is 2.68. The SMILES string of the molecule is O=C(c1cc(O)ccc1Nc1ccncc1)N1CCCCC1. The molecule has 0 radical (unpaired) electrons. The number of likely N-dealkylation sites (tertiary alicyclic amines) is 1. The predicted octanol–water partition coefficient (Wildman–Crippen LogP) is 3.16. The van der Waals surface area contributed by atoms with Gasteiger partial charge in [-0.25, -0.2) is 0 Å². The summed E-state index contributed by atoms with van der Waals surface area (Å²) < 4.78 is 0. The summed E-state index contributed by atoms with van der Waals surface area (Å²) in [6.07, 6.45) is 6.63. The number of piperidine rings is 1. The van der Waals surface area contributed by atoms with Crippen LogP contribution in [0.2, 0.25) is 0 Å². The summed E-state index contributed by atoms with van der Waals surface area (Å²) in [4.78, 5) is 18.6. The van der Waals surface area contributed by atoms with Crippen LogP contribution in [-0.2, 0) is 0 Å². The highest BCUT2D eigenvalue weighted by atomic mass is 16.3. The molecular weight excluding hydrogens is 278 g/mol. The van der Waals surface area contributed by atoms with E-state index in [0.29, 0.717) is 11.3 Å². The van der Waals surface area contributed by atoms with Crippen molar-refractivity contribution in [2.45, 2.75) is 19.3 Å². The van der Waals surface area contributed by atoms with Crippen LogP contribution in [-0.4, -0.2) is 34.0 Å². The molecule has 1 aromatic heterocycles. The summed E-state index contributed by atoms with van der Waals surface area (Å²) in [7, 11) is 0. The molecule has 2 N–H and O–H groups in total. The molecule has 0 atom stereocenters. The molecule has 1 aliphatic heterocycles. The molecule has 3 rings (SSSR count). The molecule has 5 heteroatoms. The largest absolute Gasteiger partial charge is 0.508 e. The minimum absolute atomic E-state index is 0.0350. The molecular formula is C17H19N3O2. The molecule has 0 spiro atoms. The molecule has 2 aromatic rings. The Bertz CT molecular complexity index is 652. The number of pyridine rings is 1. The minimum Gasteiger partial charge on any atom is -0.508 e. The minimum atomic E-state index is -0.0350. The average Bonchev–Trinajstić information content (AvgIpc) is 2.57. The lowest BCUT2D eigenvalue weighted by Gasteiger charge is -2.27. The van der Waals surface area contributed by atoms with E-state index in [4.69, 9.17) is 0 Å². The molecule has 1 saturated heterocycles. The summed E-state index contributed by atoms with van der Waals surface area (Å²) in [5.41, 5.74) is 2.05. The molecule has 0 unspecified atom stereocenters. The number of phenolic OH excluding ortho intramolecular Hbond substituents is 1. The second-order valence-corrected chi connectivity index (χ2v) is 5.44. The molecule has 2 heterocycles. The summed E-state index contributed by atoms with van der Waals surface area (Å²) in [5, 5.41) is 13.0. The number of amides is 1. The lowest BCUT2D eigenvalue weighted by Crippen LogP contribution is -2.35. The van der Waals surface area contributed by atoms with Crippen molar-refractivity contribution in [1.29, 1.82) is 0 Å². The summed E-state index contributed by atoms with van der Waals surface area (Å²) in [5.74, 6) is 0.0628. The third-order valence-corrected chi connectivity index (χ3v) is 3.84. The van der Waals surface area contributed by atoms with Gasteiger partial charge in [0.1, 0.15) is 5.75 Å². The summed E-state index contributed by atoms with van der Waals surface area (Å²) in [6, 6.07) is 8.51. The molecule has 0 aliphatic carbocycles. The third kappa shape index (κ3) is 3.19. The summed E-state index contributed by atoms with van der Waals surface area (Å²) >= 11 is 0. The molecule has 0 saturated carbocycles. The number of rotatable bonds is 3. The number of aromatic nitrogens is 1.